The highest BCUT2D eigenvalue weighted by atomic mass is 16.2. The Morgan fingerprint density at radius 2 is 1.86 bits per heavy atom. The van der Waals surface area contributed by atoms with Crippen LogP contribution >= 0.6 is 0 Å². The molecule has 2 unspecified atom stereocenters. The molecule has 1 aliphatic heterocycles. The molecule has 1 saturated heterocycles. The standard InChI is InChI=1S/C11H20N2O/c1-10(2,3)13-9(14)11(4)7-5-12-6-8(7)11/h7-8,12H,5-6H2,1-4H3,(H,13,14). The van der Waals surface area contributed by atoms with Gasteiger partial charge in [-0.3, -0.25) is 4.79 Å². The van der Waals surface area contributed by atoms with Gasteiger partial charge in [-0.25, -0.2) is 0 Å². The number of fused-ring (bicyclic) bond motifs is 1. The van der Waals surface area contributed by atoms with Crippen LogP contribution in [0.5, 0.6) is 0 Å². The molecule has 0 radical (unpaired) electrons. The molecule has 1 amide bonds. The van der Waals surface area contributed by atoms with Gasteiger partial charge in [0.05, 0.1) is 5.41 Å². The lowest BCUT2D eigenvalue weighted by atomic mass is 9.99. The fourth-order valence-corrected chi connectivity index (χ4v) is 2.61. The smallest absolute Gasteiger partial charge is 0.227 e. The lowest BCUT2D eigenvalue weighted by Crippen LogP contribution is -2.46. The van der Waals surface area contributed by atoms with E-state index in [1.54, 1.807) is 0 Å². The van der Waals surface area contributed by atoms with Crippen LogP contribution in [0, 0.1) is 17.3 Å². The van der Waals surface area contributed by atoms with E-state index in [9.17, 15) is 4.79 Å². The van der Waals surface area contributed by atoms with E-state index in [1.165, 1.54) is 0 Å². The number of hydrogen-bond acceptors (Lipinski definition) is 2. The van der Waals surface area contributed by atoms with Crippen LogP contribution in [-0.2, 0) is 4.79 Å². The molecule has 3 nitrogen and oxygen atoms in total. The van der Waals surface area contributed by atoms with E-state index in [4.69, 9.17) is 0 Å². The predicted molar refractivity (Wildman–Crippen MR) is 55.9 cm³/mol. The van der Waals surface area contributed by atoms with Crippen molar-refractivity contribution < 1.29 is 4.79 Å². The number of carbonyl (C=O) groups is 1. The molecule has 2 rings (SSSR count). The van der Waals surface area contributed by atoms with Crippen LogP contribution in [0.15, 0.2) is 0 Å². The minimum absolute atomic E-state index is 0.0848. The SMILES string of the molecule is CC(C)(C)NC(=O)C1(C)C2CNCC21. The van der Waals surface area contributed by atoms with E-state index >= 15 is 0 Å². The van der Waals surface area contributed by atoms with Crippen molar-refractivity contribution in [1.82, 2.24) is 10.6 Å². The van der Waals surface area contributed by atoms with Gasteiger partial charge < -0.3 is 10.6 Å². The van der Waals surface area contributed by atoms with Crippen LogP contribution in [0.3, 0.4) is 0 Å². The van der Waals surface area contributed by atoms with E-state index in [2.05, 4.69) is 17.6 Å². The number of nitrogens with one attached hydrogen (secondary N) is 2. The Labute approximate surface area is 85.6 Å². The largest absolute Gasteiger partial charge is 0.351 e. The lowest BCUT2D eigenvalue weighted by molar-refractivity contribution is -0.128. The van der Waals surface area contributed by atoms with Crippen molar-refractivity contribution in [2.45, 2.75) is 33.2 Å². The van der Waals surface area contributed by atoms with Crippen LogP contribution in [0.4, 0.5) is 0 Å². The predicted octanol–water partition coefficient (Wildman–Crippen LogP) is 0.757. The maximum atomic E-state index is 12.0. The molecule has 1 aliphatic carbocycles. The van der Waals surface area contributed by atoms with Gasteiger partial charge in [0.15, 0.2) is 0 Å². The number of rotatable bonds is 1. The molecule has 0 spiro atoms. The summed E-state index contributed by atoms with van der Waals surface area (Å²) in [6.07, 6.45) is 0. The van der Waals surface area contributed by atoms with Gasteiger partial charge in [-0.05, 0) is 45.7 Å². The van der Waals surface area contributed by atoms with Crippen molar-refractivity contribution in [1.29, 1.82) is 0 Å². The Balaban J connectivity index is 2.00. The van der Waals surface area contributed by atoms with Gasteiger partial charge in [0.1, 0.15) is 0 Å². The molecule has 2 N–H and O–H groups in total. The second-order valence-corrected chi connectivity index (χ2v) is 5.86. The molecule has 1 heterocycles. The number of amides is 1. The van der Waals surface area contributed by atoms with Crippen molar-refractivity contribution in [2.75, 3.05) is 13.1 Å². The molecule has 0 aromatic carbocycles. The summed E-state index contributed by atoms with van der Waals surface area (Å²) >= 11 is 0. The number of piperidine rings is 1. The van der Waals surface area contributed by atoms with Crippen molar-refractivity contribution in [2.24, 2.45) is 17.3 Å². The normalized spacial score (nSPS) is 40.6. The van der Waals surface area contributed by atoms with E-state index in [-0.39, 0.29) is 16.9 Å². The van der Waals surface area contributed by atoms with Crippen LogP contribution in [0.1, 0.15) is 27.7 Å². The Morgan fingerprint density at radius 3 is 2.29 bits per heavy atom. The van der Waals surface area contributed by atoms with Gasteiger partial charge in [0.25, 0.3) is 0 Å². The van der Waals surface area contributed by atoms with Gasteiger partial charge in [0.2, 0.25) is 5.91 Å². The highest BCUT2D eigenvalue weighted by molar-refractivity contribution is 5.87. The zero-order valence-corrected chi connectivity index (χ0v) is 9.48. The summed E-state index contributed by atoms with van der Waals surface area (Å²) < 4.78 is 0. The molecule has 1 saturated carbocycles. The topological polar surface area (TPSA) is 41.1 Å². The average Bonchev–Trinajstić information content (AvgIpc) is 2.47. The highest BCUT2D eigenvalue weighted by Gasteiger charge is 2.67. The van der Waals surface area contributed by atoms with Crippen molar-refractivity contribution >= 4 is 5.91 Å². The Morgan fingerprint density at radius 1 is 1.36 bits per heavy atom. The summed E-state index contributed by atoms with van der Waals surface area (Å²) in [5.74, 6) is 1.39. The Bertz CT molecular complexity index is 257. The molecule has 2 atom stereocenters. The van der Waals surface area contributed by atoms with Crippen molar-refractivity contribution in [3.63, 3.8) is 0 Å². The monoisotopic (exact) mass is 196 g/mol. The molecule has 2 fully saturated rings. The molecule has 80 valence electrons. The maximum absolute atomic E-state index is 12.0. The van der Waals surface area contributed by atoms with Crippen molar-refractivity contribution in [3.8, 4) is 0 Å². The Hall–Kier alpha value is -0.570. The van der Waals surface area contributed by atoms with Gasteiger partial charge in [-0.2, -0.15) is 0 Å². The third-order valence-corrected chi connectivity index (χ3v) is 3.62. The first-order chi connectivity index (χ1) is 6.36. The second kappa shape index (κ2) is 2.72. The number of carbonyl (C=O) groups excluding carboxylic acids is 1. The van der Waals surface area contributed by atoms with Crippen LogP contribution < -0.4 is 10.6 Å². The molecular weight excluding hydrogens is 176 g/mol. The van der Waals surface area contributed by atoms with Crippen LogP contribution in [0.2, 0.25) is 0 Å². The van der Waals surface area contributed by atoms with Gasteiger partial charge in [-0.1, -0.05) is 6.92 Å². The van der Waals surface area contributed by atoms with Crippen LogP contribution in [0.25, 0.3) is 0 Å². The van der Waals surface area contributed by atoms with Gasteiger partial charge >= 0.3 is 0 Å². The van der Waals surface area contributed by atoms with Gasteiger partial charge in [-0.15, -0.1) is 0 Å². The first-order valence-corrected chi connectivity index (χ1v) is 5.39. The van der Waals surface area contributed by atoms with E-state index in [0.29, 0.717) is 11.8 Å². The molecular formula is C11H20N2O. The van der Waals surface area contributed by atoms with Crippen LogP contribution in [-0.4, -0.2) is 24.5 Å². The molecule has 2 aliphatic rings. The zero-order valence-electron chi connectivity index (χ0n) is 9.48. The average molecular weight is 196 g/mol. The summed E-state index contributed by atoms with van der Waals surface area (Å²) in [6.45, 7) is 10.2. The first-order valence-electron chi connectivity index (χ1n) is 5.39. The molecule has 0 aromatic rings. The minimum Gasteiger partial charge on any atom is -0.351 e. The quantitative estimate of drug-likeness (QED) is 0.650. The molecule has 3 heteroatoms. The third-order valence-electron chi connectivity index (χ3n) is 3.62. The minimum atomic E-state index is -0.107. The van der Waals surface area contributed by atoms with E-state index in [1.807, 2.05) is 20.8 Å². The molecule has 0 bridgehead atoms. The highest BCUT2D eigenvalue weighted by Crippen LogP contribution is 2.60. The Kier molecular flexibility index (Phi) is 1.94. The maximum Gasteiger partial charge on any atom is 0.227 e. The second-order valence-electron chi connectivity index (χ2n) is 5.86. The fourth-order valence-electron chi connectivity index (χ4n) is 2.61. The van der Waals surface area contributed by atoms with E-state index < -0.39 is 0 Å². The lowest BCUT2D eigenvalue weighted by Gasteiger charge is -2.25. The third kappa shape index (κ3) is 1.34. The van der Waals surface area contributed by atoms with Crippen molar-refractivity contribution in [3.05, 3.63) is 0 Å². The zero-order chi connectivity index (χ0) is 10.6. The number of hydrogen-bond donors (Lipinski definition) is 2. The summed E-state index contributed by atoms with van der Waals surface area (Å²) in [6, 6.07) is 0. The molecule has 0 aromatic heterocycles. The summed E-state index contributed by atoms with van der Waals surface area (Å²) in [4.78, 5) is 12.0. The van der Waals surface area contributed by atoms with E-state index in [0.717, 1.165) is 13.1 Å². The fraction of sp³-hybridized carbons (Fsp3) is 0.909. The first kappa shape index (κ1) is 9.97. The summed E-state index contributed by atoms with van der Waals surface area (Å²) in [5, 5.41) is 6.40. The van der Waals surface area contributed by atoms with Gasteiger partial charge in [0, 0.05) is 5.54 Å². The molecule has 14 heavy (non-hydrogen) atoms. The summed E-state index contributed by atoms with van der Waals surface area (Å²) in [7, 11) is 0. The summed E-state index contributed by atoms with van der Waals surface area (Å²) in [5.41, 5.74) is -0.192.